The topological polar surface area (TPSA) is 32.3 Å². The molecule has 26 heavy (non-hydrogen) atoms. The third-order valence-corrected chi connectivity index (χ3v) is 5.29. The Balaban J connectivity index is 1.71. The molecule has 0 unspecified atom stereocenters. The predicted molar refractivity (Wildman–Crippen MR) is 107 cm³/mol. The average Bonchev–Trinajstić information content (AvgIpc) is 2.67. The van der Waals surface area contributed by atoms with Crippen LogP contribution in [0.4, 0.5) is 4.39 Å². The smallest absolute Gasteiger partial charge is 0.221 e. The van der Waals surface area contributed by atoms with Gasteiger partial charge in [-0.2, -0.15) is 0 Å². The van der Waals surface area contributed by atoms with Gasteiger partial charge in [0.15, 0.2) is 0 Å². The van der Waals surface area contributed by atoms with E-state index in [1.54, 1.807) is 18.2 Å². The Bertz CT molecular complexity index is 687. The summed E-state index contributed by atoms with van der Waals surface area (Å²) in [6.45, 7) is 7.88. The highest BCUT2D eigenvalue weighted by Gasteiger charge is 2.06. The number of halogens is 1. The first kappa shape index (κ1) is 20.5. The number of rotatable bonds is 10. The molecule has 3 nitrogen and oxygen atoms in total. The fourth-order valence-corrected chi connectivity index (χ4v) is 3.46. The van der Waals surface area contributed by atoms with Crippen molar-refractivity contribution in [3.63, 3.8) is 0 Å². The van der Waals surface area contributed by atoms with Gasteiger partial charge < -0.3 is 5.32 Å². The quantitative estimate of drug-likeness (QED) is 0.623. The summed E-state index contributed by atoms with van der Waals surface area (Å²) < 4.78 is 13.5. The summed E-state index contributed by atoms with van der Waals surface area (Å²) in [5.74, 6) is 0.319. The number of carbonyl (C=O) groups excluding carboxylic acids is 1. The Morgan fingerprint density at radius 2 is 1.69 bits per heavy atom. The Labute approximate surface area is 160 Å². The highest BCUT2D eigenvalue weighted by molar-refractivity contribution is 7.99. The maximum Gasteiger partial charge on any atom is 0.221 e. The second-order valence-corrected chi connectivity index (χ2v) is 7.22. The van der Waals surface area contributed by atoms with Crippen LogP contribution in [0, 0.1) is 5.82 Å². The Morgan fingerprint density at radius 1 is 1.04 bits per heavy atom. The summed E-state index contributed by atoms with van der Waals surface area (Å²) in [6, 6.07) is 15.0. The number of amides is 1. The minimum atomic E-state index is -0.234. The van der Waals surface area contributed by atoms with Gasteiger partial charge in [0.25, 0.3) is 0 Å². The fraction of sp³-hybridized carbons (Fsp3) is 0.381. The second-order valence-electron chi connectivity index (χ2n) is 6.08. The van der Waals surface area contributed by atoms with E-state index in [9.17, 15) is 9.18 Å². The van der Waals surface area contributed by atoms with Crippen LogP contribution >= 0.6 is 11.8 Å². The van der Waals surface area contributed by atoms with Gasteiger partial charge in [-0.25, -0.2) is 4.39 Å². The van der Waals surface area contributed by atoms with Crippen LogP contribution < -0.4 is 5.32 Å². The standard InChI is InChI=1S/C21H27FN2OS/c1-3-24(4-2)16-18-11-9-17(10-12-18)15-23-21(25)13-14-26-20-8-6-5-7-19(20)22/h5-12H,3-4,13-16H2,1-2H3,(H,23,25). The molecule has 2 aromatic rings. The Kier molecular flexibility index (Phi) is 8.65. The van der Waals surface area contributed by atoms with Gasteiger partial charge in [-0.15, -0.1) is 11.8 Å². The summed E-state index contributed by atoms with van der Waals surface area (Å²) in [5.41, 5.74) is 2.37. The summed E-state index contributed by atoms with van der Waals surface area (Å²) >= 11 is 1.37. The van der Waals surface area contributed by atoms with Crippen molar-refractivity contribution in [1.82, 2.24) is 10.2 Å². The lowest BCUT2D eigenvalue weighted by Gasteiger charge is -2.18. The highest BCUT2D eigenvalue weighted by atomic mass is 32.2. The van der Waals surface area contributed by atoms with Crippen LogP contribution in [-0.4, -0.2) is 29.6 Å². The van der Waals surface area contributed by atoms with Crippen LogP contribution in [0.1, 0.15) is 31.4 Å². The normalized spacial score (nSPS) is 10.9. The number of hydrogen-bond donors (Lipinski definition) is 1. The van der Waals surface area contributed by atoms with Gasteiger partial charge in [0.2, 0.25) is 5.91 Å². The zero-order chi connectivity index (χ0) is 18.8. The fourth-order valence-electron chi connectivity index (χ4n) is 2.57. The monoisotopic (exact) mass is 374 g/mol. The van der Waals surface area contributed by atoms with Crippen LogP contribution in [-0.2, 0) is 17.9 Å². The molecule has 0 atom stereocenters. The van der Waals surface area contributed by atoms with Crippen molar-refractivity contribution in [2.24, 2.45) is 0 Å². The van der Waals surface area contributed by atoms with Crippen molar-refractivity contribution in [1.29, 1.82) is 0 Å². The molecule has 0 spiro atoms. The molecule has 0 saturated carbocycles. The van der Waals surface area contributed by atoms with Crippen molar-refractivity contribution in [2.45, 2.75) is 38.3 Å². The number of nitrogens with zero attached hydrogens (tertiary/aromatic N) is 1. The zero-order valence-electron chi connectivity index (χ0n) is 15.5. The van der Waals surface area contributed by atoms with Crippen molar-refractivity contribution in [3.05, 3.63) is 65.5 Å². The van der Waals surface area contributed by atoms with E-state index < -0.39 is 0 Å². The van der Waals surface area contributed by atoms with Gasteiger partial charge in [0.05, 0.1) is 0 Å². The lowest BCUT2D eigenvalue weighted by Crippen LogP contribution is -2.23. The summed E-state index contributed by atoms with van der Waals surface area (Å²) in [7, 11) is 0. The van der Waals surface area contributed by atoms with Crippen molar-refractivity contribution >= 4 is 17.7 Å². The second kappa shape index (κ2) is 11.0. The molecule has 2 aromatic carbocycles. The van der Waals surface area contributed by atoms with Gasteiger partial charge in [0.1, 0.15) is 5.82 Å². The van der Waals surface area contributed by atoms with Gasteiger partial charge in [-0.3, -0.25) is 9.69 Å². The Morgan fingerprint density at radius 3 is 2.35 bits per heavy atom. The van der Waals surface area contributed by atoms with E-state index in [0.717, 1.165) is 25.2 Å². The maximum absolute atomic E-state index is 13.5. The molecule has 1 N–H and O–H groups in total. The summed E-state index contributed by atoms with van der Waals surface area (Å²) in [6.07, 6.45) is 0.374. The van der Waals surface area contributed by atoms with Gasteiger partial charge in [-0.1, -0.05) is 50.2 Å². The van der Waals surface area contributed by atoms with Gasteiger partial charge in [-0.05, 0) is 36.3 Å². The van der Waals surface area contributed by atoms with E-state index >= 15 is 0 Å². The highest BCUT2D eigenvalue weighted by Crippen LogP contribution is 2.21. The number of nitrogens with one attached hydrogen (secondary N) is 1. The molecular formula is C21H27FN2OS. The number of hydrogen-bond acceptors (Lipinski definition) is 3. The van der Waals surface area contributed by atoms with E-state index in [4.69, 9.17) is 0 Å². The van der Waals surface area contributed by atoms with Gasteiger partial charge >= 0.3 is 0 Å². The molecule has 1 amide bonds. The molecule has 5 heteroatoms. The lowest BCUT2D eigenvalue weighted by atomic mass is 10.1. The minimum Gasteiger partial charge on any atom is -0.352 e. The minimum absolute atomic E-state index is 0.0129. The average molecular weight is 375 g/mol. The van der Waals surface area contributed by atoms with E-state index in [1.165, 1.54) is 23.4 Å². The SMILES string of the molecule is CCN(CC)Cc1ccc(CNC(=O)CCSc2ccccc2F)cc1. The molecule has 0 saturated heterocycles. The third-order valence-electron chi connectivity index (χ3n) is 4.24. The number of benzene rings is 2. The Hall–Kier alpha value is -1.85. The first-order valence-electron chi connectivity index (χ1n) is 9.06. The molecule has 0 aliphatic carbocycles. The van der Waals surface area contributed by atoms with Gasteiger partial charge in [0, 0.05) is 30.2 Å². The number of carbonyl (C=O) groups is 1. The molecule has 0 aliphatic heterocycles. The van der Waals surface area contributed by atoms with Crippen LogP contribution in [0.15, 0.2) is 53.4 Å². The molecule has 2 rings (SSSR count). The molecule has 0 aliphatic rings. The third kappa shape index (κ3) is 6.81. The maximum atomic E-state index is 13.5. The molecular weight excluding hydrogens is 347 g/mol. The van der Waals surface area contributed by atoms with E-state index in [-0.39, 0.29) is 11.7 Å². The zero-order valence-corrected chi connectivity index (χ0v) is 16.3. The van der Waals surface area contributed by atoms with Crippen LogP contribution in [0.5, 0.6) is 0 Å². The van der Waals surface area contributed by atoms with E-state index in [2.05, 4.69) is 48.3 Å². The van der Waals surface area contributed by atoms with Crippen LogP contribution in [0.3, 0.4) is 0 Å². The molecule has 0 fully saturated rings. The first-order chi connectivity index (χ1) is 12.6. The van der Waals surface area contributed by atoms with E-state index in [0.29, 0.717) is 23.6 Å². The van der Waals surface area contributed by atoms with E-state index in [1.807, 2.05) is 0 Å². The van der Waals surface area contributed by atoms with Crippen molar-refractivity contribution in [2.75, 3.05) is 18.8 Å². The van der Waals surface area contributed by atoms with Crippen molar-refractivity contribution in [3.8, 4) is 0 Å². The van der Waals surface area contributed by atoms with Crippen molar-refractivity contribution < 1.29 is 9.18 Å². The summed E-state index contributed by atoms with van der Waals surface area (Å²) in [4.78, 5) is 14.9. The first-order valence-corrected chi connectivity index (χ1v) is 10.0. The van der Waals surface area contributed by atoms with Crippen LogP contribution in [0.2, 0.25) is 0 Å². The molecule has 0 bridgehead atoms. The largest absolute Gasteiger partial charge is 0.352 e. The predicted octanol–water partition coefficient (Wildman–Crippen LogP) is 4.47. The molecule has 0 aromatic heterocycles. The lowest BCUT2D eigenvalue weighted by molar-refractivity contribution is -0.120. The van der Waals surface area contributed by atoms with Crippen LogP contribution in [0.25, 0.3) is 0 Å². The number of thioether (sulfide) groups is 1. The molecule has 0 heterocycles. The summed E-state index contributed by atoms with van der Waals surface area (Å²) in [5, 5.41) is 2.93. The molecule has 140 valence electrons. The molecule has 0 radical (unpaired) electrons.